The zero-order valence-corrected chi connectivity index (χ0v) is 30.5. The van der Waals surface area contributed by atoms with Crippen molar-refractivity contribution in [1.82, 2.24) is 0 Å². The number of benzene rings is 2. The van der Waals surface area contributed by atoms with Crippen LogP contribution in [0.4, 0.5) is 0 Å². The predicted octanol–water partition coefficient (Wildman–Crippen LogP) is 4.91. The minimum absolute atomic E-state index is 0.00236. The van der Waals surface area contributed by atoms with Gasteiger partial charge in [0, 0.05) is 22.3 Å². The maximum atomic E-state index is 11.3. The summed E-state index contributed by atoms with van der Waals surface area (Å²) in [7, 11) is 3.15. The molecule has 0 spiro atoms. The Morgan fingerprint density at radius 2 is 1.06 bits per heavy atom. The molecule has 4 rings (SSSR count). The first-order chi connectivity index (χ1) is 24.5. The van der Waals surface area contributed by atoms with Crippen LogP contribution in [0, 0.1) is 0 Å². The van der Waals surface area contributed by atoms with Gasteiger partial charge in [-0.15, -0.1) is 0 Å². The Labute approximate surface area is 303 Å². The number of esters is 3. The van der Waals surface area contributed by atoms with Gasteiger partial charge in [-0.3, -0.25) is 0 Å². The summed E-state index contributed by atoms with van der Waals surface area (Å²) >= 11 is 0. The second kappa shape index (κ2) is 23.1. The molecule has 2 aromatic rings. The van der Waals surface area contributed by atoms with E-state index in [2.05, 4.69) is 31.1 Å². The number of carbonyl (C=O) groups is 4. The van der Waals surface area contributed by atoms with Gasteiger partial charge in [-0.2, -0.15) is 0 Å². The standard InChI is InChI=1S/C15H18O5.C11H14O4.C8H10O3.C4H6O2/c1-10(2)15(16)20-7-11-4-5-13(14(6-11)17-3)19-9-12-8-18-12;1-13-11-4-8(5-12)2-3-10(11)15-7-9-6-14-9;1-5(2)7(9)11-8(10)6(3)4;1-3(2)4(5)6/h4-6,12H,1,7-9H2,2-3H3;2-4,9,12H,5-7H2,1H3;1,3H2,2,4H3;1H2,2H3,(H,5,6). The topological polar surface area (TPSA) is 189 Å². The van der Waals surface area contributed by atoms with E-state index < -0.39 is 23.9 Å². The van der Waals surface area contributed by atoms with Crippen molar-refractivity contribution in [3.63, 3.8) is 0 Å². The second-order valence-electron chi connectivity index (χ2n) is 11.3. The normalized spacial score (nSPS) is 14.4. The minimum Gasteiger partial charge on any atom is -0.493 e. The van der Waals surface area contributed by atoms with Gasteiger partial charge in [0.1, 0.15) is 32.0 Å². The molecule has 14 nitrogen and oxygen atoms in total. The number of ether oxygens (including phenoxy) is 8. The van der Waals surface area contributed by atoms with Crippen LogP contribution in [0.2, 0.25) is 0 Å². The van der Waals surface area contributed by atoms with E-state index in [4.69, 9.17) is 43.4 Å². The Bertz CT molecular complexity index is 1550. The van der Waals surface area contributed by atoms with E-state index in [9.17, 15) is 19.2 Å². The summed E-state index contributed by atoms with van der Waals surface area (Å²) in [6.45, 7) is 22.1. The summed E-state index contributed by atoms with van der Waals surface area (Å²) < 4.78 is 41.1. The summed E-state index contributed by atoms with van der Waals surface area (Å²) in [5.74, 6) is -0.180. The highest BCUT2D eigenvalue weighted by Gasteiger charge is 2.24. The van der Waals surface area contributed by atoms with Gasteiger partial charge in [-0.05, 0) is 63.1 Å². The quantitative estimate of drug-likeness (QED) is 0.109. The molecule has 284 valence electrons. The summed E-state index contributed by atoms with van der Waals surface area (Å²) in [6, 6.07) is 10.8. The monoisotopic (exact) mass is 728 g/mol. The van der Waals surface area contributed by atoms with Crippen molar-refractivity contribution in [2.24, 2.45) is 0 Å². The third kappa shape index (κ3) is 18.5. The lowest BCUT2D eigenvalue weighted by atomic mass is 10.2. The molecule has 0 aliphatic carbocycles. The van der Waals surface area contributed by atoms with Crippen molar-refractivity contribution >= 4 is 23.9 Å². The number of aliphatic carboxylic acids is 1. The van der Waals surface area contributed by atoms with Crippen LogP contribution < -0.4 is 18.9 Å². The van der Waals surface area contributed by atoms with Crippen molar-refractivity contribution in [2.45, 2.75) is 53.1 Å². The molecule has 0 saturated carbocycles. The number of carboxylic acid groups (broad SMARTS) is 1. The van der Waals surface area contributed by atoms with E-state index in [1.807, 2.05) is 12.1 Å². The van der Waals surface area contributed by atoms with Crippen LogP contribution in [0.25, 0.3) is 0 Å². The van der Waals surface area contributed by atoms with Gasteiger partial charge < -0.3 is 48.1 Å². The molecule has 2 aromatic carbocycles. The molecule has 2 fully saturated rings. The summed E-state index contributed by atoms with van der Waals surface area (Å²) in [6.07, 6.45) is 0.420. The highest BCUT2D eigenvalue weighted by atomic mass is 16.6. The molecule has 2 aliphatic rings. The Morgan fingerprint density at radius 1 is 0.673 bits per heavy atom. The first kappa shape index (κ1) is 44.6. The molecule has 0 aromatic heterocycles. The maximum absolute atomic E-state index is 11.3. The van der Waals surface area contributed by atoms with Gasteiger partial charge in [0.25, 0.3) is 0 Å². The lowest BCUT2D eigenvalue weighted by Gasteiger charge is -2.11. The minimum atomic E-state index is -0.935. The Morgan fingerprint density at radius 3 is 1.38 bits per heavy atom. The van der Waals surface area contributed by atoms with E-state index >= 15 is 0 Å². The molecule has 2 saturated heterocycles. The number of aliphatic hydroxyl groups is 1. The van der Waals surface area contributed by atoms with E-state index in [1.165, 1.54) is 20.8 Å². The van der Waals surface area contributed by atoms with Gasteiger partial charge in [0.15, 0.2) is 23.0 Å². The average molecular weight is 729 g/mol. The van der Waals surface area contributed by atoms with Crippen LogP contribution in [-0.2, 0) is 51.3 Å². The number of hydrogen-bond acceptors (Lipinski definition) is 13. The SMILES string of the molecule is C=C(C)C(=O)O.C=C(C)C(=O)OC(=O)C(=C)C.C=C(C)C(=O)OCc1ccc(OCC2CO2)c(OC)c1.COc1cc(CO)ccc1OCC1CO1. The number of epoxide rings is 2. The summed E-state index contributed by atoms with van der Waals surface area (Å²) in [5.41, 5.74) is 2.57. The van der Waals surface area contributed by atoms with E-state index in [0.717, 1.165) is 24.3 Å². The average Bonchev–Trinajstić information content (AvgIpc) is 4.05. The van der Waals surface area contributed by atoms with Crippen molar-refractivity contribution < 1.29 is 67.3 Å². The largest absolute Gasteiger partial charge is 0.493 e. The molecule has 14 heteroatoms. The van der Waals surface area contributed by atoms with Crippen molar-refractivity contribution in [1.29, 1.82) is 0 Å². The maximum Gasteiger partial charge on any atom is 0.340 e. The molecule has 2 heterocycles. The lowest BCUT2D eigenvalue weighted by molar-refractivity contribution is -0.154. The van der Waals surface area contributed by atoms with Gasteiger partial charge in [0.2, 0.25) is 0 Å². The first-order valence-corrected chi connectivity index (χ1v) is 15.7. The molecule has 0 bridgehead atoms. The van der Waals surface area contributed by atoms with Gasteiger partial charge in [-0.25, -0.2) is 19.2 Å². The number of rotatable bonds is 15. The Hall–Kier alpha value is -5.44. The number of aliphatic hydroxyl groups excluding tert-OH is 1. The molecule has 2 atom stereocenters. The molecular weight excluding hydrogens is 680 g/mol. The van der Waals surface area contributed by atoms with E-state index in [-0.39, 0.29) is 42.1 Å². The molecule has 0 amide bonds. The lowest BCUT2D eigenvalue weighted by Crippen LogP contribution is -2.12. The fourth-order valence-electron chi connectivity index (χ4n) is 3.08. The van der Waals surface area contributed by atoms with Crippen LogP contribution in [0.5, 0.6) is 23.0 Å². The van der Waals surface area contributed by atoms with Crippen molar-refractivity contribution in [3.05, 3.63) is 96.1 Å². The number of hydrogen-bond donors (Lipinski definition) is 2. The highest BCUT2D eigenvalue weighted by molar-refractivity contribution is 6.00. The number of carboxylic acids is 1. The fourth-order valence-corrected chi connectivity index (χ4v) is 3.08. The number of methoxy groups -OCH3 is 2. The molecule has 0 radical (unpaired) electrons. The van der Waals surface area contributed by atoms with Crippen molar-refractivity contribution in [3.8, 4) is 23.0 Å². The molecular formula is C38H48O14. The third-order valence-corrected chi connectivity index (χ3v) is 6.26. The van der Waals surface area contributed by atoms with E-state index in [1.54, 1.807) is 45.4 Å². The molecule has 2 unspecified atom stereocenters. The van der Waals surface area contributed by atoms with Crippen molar-refractivity contribution in [2.75, 3.05) is 40.6 Å². The van der Waals surface area contributed by atoms with E-state index in [0.29, 0.717) is 41.8 Å². The summed E-state index contributed by atoms with van der Waals surface area (Å²) in [4.78, 5) is 42.3. The Balaban J connectivity index is 0.000000375. The fraction of sp³-hybridized carbons (Fsp3) is 0.368. The number of carbonyl (C=O) groups excluding carboxylic acids is 3. The molecule has 2 N–H and O–H groups in total. The Kier molecular flexibility index (Phi) is 19.8. The first-order valence-electron chi connectivity index (χ1n) is 15.7. The second-order valence-corrected chi connectivity index (χ2v) is 11.3. The van der Waals surface area contributed by atoms with Crippen LogP contribution in [0.3, 0.4) is 0 Å². The zero-order valence-electron chi connectivity index (χ0n) is 30.5. The van der Waals surface area contributed by atoms with Crippen LogP contribution in [-0.4, -0.2) is 86.9 Å². The highest BCUT2D eigenvalue weighted by Crippen LogP contribution is 2.30. The van der Waals surface area contributed by atoms with Crippen LogP contribution in [0.15, 0.2) is 85.0 Å². The van der Waals surface area contributed by atoms with Crippen LogP contribution in [0.1, 0.15) is 38.8 Å². The van der Waals surface area contributed by atoms with Crippen LogP contribution >= 0.6 is 0 Å². The summed E-state index contributed by atoms with van der Waals surface area (Å²) in [5, 5.41) is 16.9. The molecule has 2 aliphatic heterocycles. The predicted molar refractivity (Wildman–Crippen MR) is 190 cm³/mol. The zero-order chi connectivity index (χ0) is 39.4. The smallest absolute Gasteiger partial charge is 0.340 e. The van der Waals surface area contributed by atoms with Gasteiger partial charge in [-0.1, -0.05) is 38.4 Å². The van der Waals surface area contributed by atoms with Gasteiger partial charge in [0.05, 0.1) is 34.0 Å². The molecule has 52 heavy (non-hydrogen) atoms. The van der Waals surface area contributed by atoms with Gasteiger partial charge >= 0.3 is 23.9 Å². The third-order valence-electron chi connectivity index (χ3n) is 6.26.